The summed E-state index contributed by atoms with van der Waals surface area (Å²) >= 11 is 0. The normalized spacial score (nSPS) is 13.0. The van der Waals surface area contributed by atoms with Crippen molar-refractivity contribution in [3.8, 4) is 33.4 Å². The molecule has 0 N–H and O–H groups in total. The maximum atomic E-state index is 2.48. The van der Waals surface area contributed by atoms with Crippen LogP contribution >= 0.6 is 0 Å². The van der Waals surface area contributed by atoms with Crippen molar-refractivity contribution in [3.63, 3.8) is 0 Å². The van der Waals surface area contributed by atoms with Crippen molar-refractivity contribution in [1.29, 1.82) is 0 Å². The molecular formula is C47H35N. The Bertz CT molecular complexity index is 2470. The van der Waals surface area contributed by atoms with Crippen LogP contribution in [0.1, 0.15) is 25.0 Å². The number of fused-ring (bicyclic) bond motifs is 6. The van der Waals surface area contributed by atoms with Crippen LogP contribution in [0.3, 0.4) is 0 Å². The lowest BCUT2D eigenvalue weighted by molar-refractivity contribution is 0.661. The molecule has 0 radical (unpaired) electrons. The number of anilines is 3. The molecule has 0 saturated heterocycles. The van der Waals surface area contributed by atoms with Crippen LogP contribution in [0, 0.1) is 0 Å². The van der Waals surface area contributed by atoms with E-state index in [-0.39, 0.29) is 5.41 Å². The molecule has 48 heavy (non-hydrogen) atoms. The van der Waals surface area contributed by atoms with Crippen molar-refractivity contribution < 1.29 is 0 Å². The second kappa shape index (κ2) is 11.1. The molecule has 0 atom stereocenters. The third-order valence-electron chi connectivity index (χ3n) is 10.2. The highest BCUT2D eigenvalue weighted by molar-refractivity contribution is 6.16. The van der Waals surface area contributed by atoms with Crippen LogP contribution in [0.4, 0.5) is 17.1 Å². The lowest BCUT2D eigenvalue weighted by Gasteiger charge is -2.29. The first kappa shape index (κ1) is 28.3. The number of hydrogen-bond acceptors (Lipinski definition) is 1. The van der Waals surface area contributed by atoms with Gasteiger partial charge in [0.1, 0.15) is 0 Å². The van der Waals surface area contributed by atoms with E-state index in [4.69, 9.17) is 0 Å². The van der Waals surface area contributed by atoms with Gasteiger partial charge >= 0.3 is 0 Å². The van der Waals surface area contributed by atoms with Gasteiger partial charge in [-0.25, -0.2) is 0 Å². The van der Waals surface area contributed by atoms with Gasteiger partial charge in [-0.1, -0.05) is 147 Å². The first-order valence-electron chi connectivity index (χ1n) is 16.8. The molecule has 0 unspecified atom stereocenters. The van der Waals surface area contributed by atoms with Gasteiger partial charge in [0.15, 0.2) is 0 Å². The average Bonchev–Trinajstić information content (AvgIpc) is 3.37. The molecule has 1 nitrogen and oxygen atoms in total. The minimum Gasteiger partial charge on any atom is -0.310 e. The predicted molar refractivity (Wildman–Crippen MR) is 205 cm³/mol. The molecule has 0 saturated carbocycles. The second-order valence-electron chi connectivity index (χ2n) is 13.4. The third-order valence-corrected chi connectivity index (χ3v) is 10.2. The van der Waals surface area contributed by atoms with Gasteiger partial charge < -0.3 is 4.90 Å². The number of hydrogen-bond donors (Lipinski definition) is 0. The number of nitrogens with zero attached hydrogens (tertiary/aromatic N) is 1. The first-order chi connectivity index (χ1) is 23.6. The van der Waals surface area contributed by atoms with Gasteiger partial charge in [-0.15, -0.1) is 0 Å². The summed E-state index contributed by atoms with van der Waals surface area (Å²) in [5, 5.41) is 5.05. The van der Waals surface area contributed by atoms with Crippen molar-refractivity contribution in [3.05, 3.63) is 187 Å². The van der Waals surface area contributed by atoms with Crippen molar-refractivity contribution in [2.24, 2.45) is 0 Å². The summed E-state index contributed by atoms with van der Waals surface area (Å²) in [4.78, 5) is 2.45. The fourth-order valence-electron chi connectivity index (χ4n) is 7.88. The summed E-state index contributed by atoms with van der Waals surface area (Å²) in [5.41, 5.74) is 13.7. The highest BCUT2D eigenvalue weighted by atomic mass is 15.1. The minimum atomic E-state index is -0.0726. The van der Waals surface area contributed by atoms with Crippen LogP contribution in [0.5, 0.6) is 0 Å². The zero-order chi connectivity index (χ0) is 32.2. The molecule has 1 aliphatic carbocycles. The van der Waals surface area contributed by atoms with Gasteiger partial charge in [0.05, 0.1) is 5.69 Å². The molecule has 1 heteroatoms. The smallest absolute Gasteiger partial charge is 0.0546 e. The molecular weight excluding hydrogens is 579 g/mol. The summed E-state index contributed by atoms with van der Waals surface area (Å²) < 4.78 is 0. The van der Waals surface area contributed by atoms with Gasteiger partial charge in [0, 0.05) is 22.2 Å². The minimum absolute atomic E-state index is 0.0726. The fraction of sp³-hybridized carbons (Fsp3) is 0.0638. The lowest BCUT2D eigenvalue weighted by atomic mass is 9.81. The Morgan fingerprint density at radius 1 is 0.375 bits per heavy atom. The lowest BCUT2D eigenvalue weighted by Crippen LogP contribution is -2.15. The summed E-state index contributed by atoms with van der Waals surface area (Å²) in [6.45, 7) is 4.73. The molecule has 1 aliphatic rings. The van der Waals surface area contributed by atoms with E-state index in [1.165, 1.54) is 71.7 Å². The van der Waals surface area contributed by atoms with Crippen LogP contribution in [0.15, 0.2) is 176 Å². The maximum Gasteiger partial charge on any atom is 0.0546 e. The van der Waals surface area contributed by atoms with Gasteiger partial charge in [-0.2, -0.15) is 0 Å². The summed E-state index contributed by atoms with van der Waals surface area (Å²) in [6, 6.07) is 64.3. The molecule has 0 heterocycles. The molecule has 0 spiro atoms. The third kappa shape index (κ3) is 4.47. The molecule has 228 valence electrons. The van der Waals surface area contributed by atoms with Crippen LogP contribution in [0.25, 0.3) is 54.9 Å². The Morgan fingerprint density at radius 2 is 0.979 bits per heavy atom. The van der Waals surface area contributed by atoms with Gasteiger partial charge in [0.2, 0.25) is 0 Å². The highest BCUT2D eigenvalue weighted by Crippen LogP contribution is 2.52. The van der Waals surface area contributed by atoms with Crippen molar-refractivity contribution in [1.82, 2.24) is 0 Å². The highest BCUT2D eigenvalue weighted by Gasteiger charge is 2.36. The molecule has 9 rings (SSSR count). The Kier molecular flexibility index (Phi) is 6.55. The van der Waals surface area contributed by atoms with Crippen molar-refractivity contribution in [2.45, 2.75) is 19.3 Å². The average molecular weight is 614 g/mol. The molecule has 0 bridgehead atoms. The number of para-hydroxylation sites is 1. The largest absolute Gasteiger partial charge is 0.310 e. The standard InChI is InChI=1S/C47H35N/c1-47(2)44-27-14-13-26-40(44)42-30-43-41(31-45(42)47)39-25-10-9-18-34(39)29-46(43)48(35-20-7-4-8-21-35)36-22-15-19-33(28-36)38-24-12-11-23-37(38)32-16-5-3-6-17-32/h3-31H,1-2H3. The van der Waals surface area contributed by atoms with Crippen LogP contribution in [0.2, 0.25) is 0 Å². The zero-order valence-electron chi connectivity index (χ0n) is 27.2. The van der Waals surface area contributed by atoms with E-state index in [0.717, 1.165) is 11.4 Å². The molecule has 0 amide bonds. The molecule has 0 aromatic heterocycles. The van der Waals surface area contributed by atoms with Crippen LogP contribution in [-0.2, 0) is 5.41 Å². The Labute approximate surface area is 282 Å². The molecule has 0 fully saturated rings. The van der Waals surface area contributed by atoms with E-state index in [1.54, 1.807) is 0 Å². The molecule has 8 aromatic carbocycles. The van der Waals surface area contributed by atoms with E-state index in [1.807, 2.05) is 0 Å². The van der Waals surface area contributed by atoms with Crippen LogP contribution < -0.4 is 4.90 Å². The van der Waals surface area contributed by atoms with Gasteiger partial charge in [0.25, 0.3) is 0 Å². The zero-order valence-corrected chi connectivity index (χ0v) is 27.2. The van der Waals surface area contributed by atoms with E-state index in [0.29, 0.717) is 0 Å². The summed E-state index contributed by atoms with van der Waals surface area (Å²) in [5.74, 6) is 0. The Hall–Kier alpha value is -5.92. The molecule has 0 aliphatic heterocycles. The Morgan fingerprint density at radius 3 is 1.77 bits per heavy atom. The van der Waals surface area contributed by atoms with Crippen molar-refractivity contribution in [2.75, 3.05) is 4.90 Å². The van der Waals surface area contributed by atoms with E-state index >= 15 is 0 Å². The quantitative estimate of drug-likeness (QED) is 0.175. The van der Waals surface area contributed by atoms with E-state index < -0.39 is 0 Å². The monoisotopic (exact) mass is 613 g/mol. The van der Waals surface area contributed by atoms with Gasteiger partial charge in [-0.05, 0) is 103 Å². The topological polar surface area (TPSA) is 3.24 Å². The maximum absolute atomic E-state index is 2.48. The summed E-state index contributed by atoms with van der Waals surface area (Å²) in [7, 11) is 0. The second-order valence-corrected chi connectivity index (χ2v) is 13.4. The van der Waals surface area contributed by atoms with Gasteiger partial charge in [-0.3, -0.25) is 0 Å². The Balaban J connectivity index is 1.32. The van der Waals surface area contributed by atoms with E-state index in [9.17, 15) is 0 Å². The first-order valence-corrected chi connectivity index (χ1v) is 16.8. The fourth-order valence-corrected chi connectivity index (χ4v) is 7.88. The number of benzene rings is 8. The van der Waals surface area contributed by atoms with E-state index in [2.05, 4.69) is 195 Å². The number of rotatable bonds is 5. The van der Waals surface area contributed by atoms with Crippen LogP contribution in [-0.4, -0.2) is 0 Å². The summed E-state index contributed by atoms with van der Waals surface area (Å²) in [6.07, 6.45) is 0. The van der Waals surface area contributed by atoms with Crippen molar-refractivity contribution >= 4 is 38.6 Å². The molecule has 8 aromatic rings. The SMILES string of the molecule is CC1(C)c2ccccc2-c2cc3c(N(c4ccccc4)c4cccc(-c5ccccc5-c5ccccc5)c4)cc4ccccc4c3cc21. The predicted octanol–water partition coefficient (Wildman–Crippen LogP) is 13.1.